The van der Waals surface area contributed by atoms with E-state index in [9.17, 15) is 17.6 Å². The Morgan fingerprint density at radius 3 is 2.22 bits per heavy atom. The summed E-state index contributed by atoms with van der Waals surface area (Å²) < 4.78 is 56.8. The average Bonchev–Trinajstić information content (AvgIpc) is 2.60. The summed E-state index contributed by atoms with van der Waals surface area (Å²) in [6.07, 6.45) is -0.985. The van der Waals surface area contributed by atoms with Crippen LogP contribution >= 0.6 is 22.6 Å². The van der Waals surface area contributed by atoms with E-state index < -0.39 is 24.6 Å². The molecular formula is C21H16F4IN. The van der Waals surface area contributed by atoms with E-state index in [1.54, 1.807) is 37.3 Å². The van der Waals surface area contributed by atoms with Gasteiger partial charge in [0, 0.05) is 14.8 Å². The van der Waals surface area contributed by atoms with Gasteiger partial charge in [0.15, 0.2) is 0 Å². The molecule has 0 fully saturated rings. The van der Waals surface area contributed by atoms with Gasteiger partial charge in [-0.25, -0.2) is 17.6 Å². The van der Waals surface area contributed by atoms with Crippen LogP contribution in [0.15, 0.2) is 64.4 Å². The van der Waals surface area contributed by atoms with Crippen molar-refractivity contribution in [2.75, 3.05) is 6.54 Å². The summed E-state index contributed by atoms with van der Waals surface area (Å²) in [4.78, 5) is 1.20. The summed E-state index contributed by atoms with van der Waals surface area (Å²) in [6.45, 7) is 4.71. The van der Waals surface area contributed by atoms with Crippen molar-refractivity contribution in [2.24, 2.45) is 0 Å². The molecule has 0 aliphatic carbocycles. The number of hydrogen-bond donors (Lipinski definition) is 0. The third kappa shape index (κ3) is 3.95. The van der Waals surface area contributed by atoms with E-state index in [1.165, 1.54) is 17.0 Å². The normalized spacial score (nSPS) is 14.9. The van der Waals surface area contributed by atoms with Gasteiger partial charge < -0.3 is 4.90 Å². The molecule has 0 atom stereocenters. The minimum Gasteiger partial charge on any atom is -0.334 e. The van der Waals surface area contributed by atoms with E-state index in [-0.39, 0.29) is 17.0 Å². The molecule has 140 valence electrons. The second kappa shape index (κ2) is 7.88. The summed E-state index contributed by atoms with van der Waals surface area (Å²) in [5.41, 5.74) is 1.56. The number of aryl methyl sites for hydroxylation is 1. The molecule has 1 nitrogen and oxygen atoms in total. The molecule has 3 rings (SSSR count). The van der Waals surface area contributed by atoms with E-state index in [4.69, 9.17) is 0 Å². The molecule has 0 saturated heterocycles. The van der Waals surface area contributed by atoms with Crippen LogP contribution in [0.2, 0.25) is 0 Å². The van der Waals surface area contributed by atoms with Crippen LogP contribution in [0.1, 0.15) is 16.7 Å². The zero-order chi connectivity index (χ0) is 19.7. The third-order valence-electron chi connectivity index (χ3n) is 4.23. The van der Waals surface area contributed by atoms with Crippen molar-refractivity contribution in [1.29, 1.82) is 0 Å². The molecule has 0 aromatic heterocycles. The quantitative estimate of drug-likeness (QED) is 0.351. The third-order valence-corrected chi connectivity index (χ3v) is 5.16. The first-order valence-electron chi connectivity index (χ1n) is 8.17. The van der Waals surface area contributed by atoms with E-state index in [0.717, 1.165) is 0 Å². The van der Waals surface area contributed by atoms with Crippen LogP contribution in [0.25, 0.3) is 11.3 Å². The number of allylic oxidation sites excluding steroid dienone is 3. The van der Waals surface area contributed by atoms with Gasteiger partial charge in [-0.2, -0.15) is 0 Å². The minimum atomic E-state index is -2.70. The van der Waals surface area contributed by atoms with Crippen molar-refractivity contribution in [1.82, 2.24) is 4.90 Å². The fourth-order valence-corrected chi connectivity index (χ4v) is 3.66. The molecule has 2 aromatic rings. The molecule has 6 heteroatoms. The first-order valence-corrected chi connectivity index (χ1v) is 9.25. The maximum absolute atomic E-state index is 14.8. The molecule has 27 heavy (non-hydrogen) atoms. The number of halogens is 5. The smallest absolute Gasteiger partial charge is 0.256 e. The van der Waals surface area contributed by atoms with Gasteiger partial charge in [0.2, 0.25) is 0 Å². The monoisotopic (exact) mass is 485 g/mol. The largest absolute Gasteiger partial charge is 0.334 e. The second-order valence-corrected chi connectivity index (χ2v) is 7.33. The van der Waals surface area contributed by atoms with Gasteiger partial charge in [0.25, 0.3) is 6.43 Å². The van der Waals surface area contributed by atoms with E-state index >= 15 is 0 Å². The van der Waals surface area contributed by atoms with Crippen LogP contribution < -0.4 is 0 Å². The minimum absolute atomic E-state index is 0.0573. The predicted octanol–water partition coefficient (Wildman–Crippen LogP) is 6.55. The van der Waals surface area contributed by atoms with E-state index in [1.807, 2.05) is 28.7 Å². The Balaban J connectivity index is 2.36. The van der Waals surface area contributed by atoms with Crippen LogP contribution in [0.3, 0.4) is 0 Å². The second-order valence-electron chi connectivity index (χ2n) is 6.17. The van der Waals surface area contributed by atoms with Crippen LogP contribution in [0.4, 0.5) is 17.6 Å². The van der Waals surface area contributed by atoms with Gasteiger partial charge in [-0.1, -0.05) is 36.9 Å². The molecule has 1 heterocycles. The number of rotatable bonds is 4. The zero-order valence-corrected chi connectivity index (χ0v) is 16.6. The molecule has 0 amide bonds. The van der Waals surface area contributed by atoms with Crippen molar-refractivity contribution in [3.8, 4) is 0 Å². The highest BCUT2D eigenvalue weighted by Crippen LogP contribution is 2.43. The lowest BCUT2D eigenvalue weighted by atomic mass is 9.93. The van der Waals surface area contributed by atoms with E-state index in [0.29, 0.717) is 20.3 Å². The van der Waals surface area contributed by atoms with Crippen molar-refractivity contribution in [2.45, 2.75) is 13.3 Å². The topological polar surface area (TPSA) is 3.24 Å². The highest BCUT2D eigenvalue weighted by molar-refractivity contribution is 14.1. The Morgan fingerprint density at radius 2 is 1.67 bits per heavy atom. The molecule has 0 unspecified atom stereocenters. The highest BCUT2D eigenvalue weighted by Gasteiger charge is 2.31. The fraction of sp³-hybridized carbons (Fsp3) is 0.143. The van der Waals surface area contributed by atoms with Gasteiger partial charge in [-0.3, -0.25) is 0 Å². The lowest BCUT2D eigenvalue weighted by Gasteiger charge is -2.34. The van der Waals surface area contributed by atoms with Crippen molar-refractivity contribution < 1.29 is 17.6 Å². The zero-order valence-electron chi connectivity index (χ0n) is 14.4. The van der Waals surface area contributed by atoms with Crippen LogP contribution in [0, 0.1) is 18.6 Å². The van der Waals surface area contributed by atoms with Gasteiger partial charge in [0.1, 0.15) is 11.6 Å². The van der Waals surface area contributed by atoms with Gasteiger partial charge >= 0.3 is 0 Å². The maximum atomic E-state index is 14.8. The molecular weight excluding hydrogens is 469 g/mol. The Hall–Kier alpha value is -2.09. The van der Waals surface area contributed by atoms with Gasteiger partial charge in [0.05, 0.1) is 17.8 Å². The Morgan fingerprint density at radius 1 is 1.07 bits per heavy atom. The maximum Gasteiger partial charge on any atom is 0.256 e. The number of nitrogens with zero attached hydrogens (tertiary/aromatic N) is 1. The summed E-state index contributed by atoms with van der Waals surface area (Å²) in [5.74, 6) is -1.60. The predicted molar refractivity (Wildman–Crippen MR) is 108 cm³/mol. The summed E-state index contributed by atoms with van der Waals surface area (Å²) >= 11 is 1.99. The first-order chi connectivity index (χ1) is 12.8. The van der Waals surface area contributed by atoms with Crippen LogP contribution in [-0.4, -0.2) is 17.9 Å². The van der Waals surface area contributed by atoms with Crippen LogP contribution in [0.5, 0.6) is 0 Å². The molecule has 1 aliphatic heterocycles. The lowest BCUT2D eigenvalue weighted by molar-refractivity contribution is 0.123. The standard InChI is InChI=1S/C21H16F4IN/c1-12-8-16(22)20(17(23)9-12)21-15(14-6-4-3-5-7-14)10-18(26)13(2)27(21)11-19(24)25/h3-10,19H,2,11H2,1H3. The lowest BCUT2D eigenvalue weighted by Crippen LogP contribution is -2.30. The highest BCUT2D eigenvalue weighted by atomic mass is 127. The van der Waals surface area contributed by atoms with Gasteiger partial charge in [-0.05, 0) is 58.9 Å². The molecule has 0 radical (unpaired) electrons. The molecule has 0 saturated carbocycles. The SMILES string of the molecule is C=C1C(I)=CC(c2ccccc2)=C(c2c(F)cc(C)cc2F)N1CC(F)F. The van der Waals surface area contributed by atoms with Crippen LogP contribution in [-0.2, 0) is 0 Å². The number of benzene rings is 2. The summed E-state index contributed by atoms with van der Waals surface area (Å²) in [5, 5.41) is 0. The van der Waals surface area contributed by atoms with Gasteiger partial charge in [-0.15, -0.1) is 0 Å². The van der Waals surface area contributed by atoms with Crippen molar-refractivity contribution >= 4 is 33.9 Å². The van der Waals surface area contributed by atoms with Crippen molar-refractivity contribution in [3.63, 3.8) is 0 Å². The van der Waals surface area contributed by atoms with E-state index in [2.05, 4.69) is 6.58 Å². The molecule has 2 aromatic carbocycles. The summed E-state index contributed by atoms with van der Waals surface area (Å²) in [7, 11) is 0. The average molecular weight is 485 g/mol. The summed E-state index contributed by atoms with van der Waals surface area (Å²) in [6, 6.07) is 11.3. The Kier molecular flexibility index (Phi) is 5.74. The molecule has 0 bridgehead atoms. The van der Waals surface area contributed by atoms with Crippen molar-refractivity contribution in [3.05, 3.63) is 92.7 Å². The molecule has 1 aliphatic rings. The fourth-order valence-electron chi connectivity index (χ4n) is 3.06. The number of alkyl halides is 2. The first kappa shape index (κ1) is 19.7. The Bertz CT molecular complexity index is 925. The molecule has 0 N–H and O–H groups in total. The molecule has 0 spiro atoms. The Labute approximate surface area is 168 Å². The number of hydrogen-bond acceptors (Lipinski definition) is 1.